The average Bonchev–Trinajstić information content (AvgIpc) is 2.13. The van der Waals surface area contributed by atoms with E-state index in [1.165, 1.54) is 0 Å². The fraction of sp³-hybridized carbons (Fsp3) is 0.833. The molecule has 4 atom stereocenters. The molecule has 0 aliphatic heterocycles. The van der Waals surface area contributed by atoms with E-state index in [1.807, 2.05) is 0 Å². The van der Waals surface area contributed by atoms with Gasteiger partial charge in [-0.15, -0.1) is 0 Å². The van der Waals surface area contributed by atoms with Crippen molar-refractivity contribution in [2.24, 2.45) is 0 Å². The van der Waals surface area contributed by atoms with Crippen LogP contribution < -0.4 is 0 Å². The normalized spacial score (nSPS) is 22.1. The summed E-state index contributed by atoms with van der Waals surface area (Å²) in [7, 11) is 0. The van der Waals surface area contributed by atoms with Crippen LogP contribution in [-0.2, 0) is 4.79 Å². The Labute approximate surface area is 92.8 Å². The van der Waals surface area contributed by atoms with Gasteiger partial charge in [-0.05, 0) is 22.6 Å². The molecule has 0 aliphatic rings. The second-order valence-corrected chi connectivity index (χ2v) is 4.31. The van der Waals surface area contributed by atoms with Crippen LogP contribution in [0.2, 0.25) is 0 Å². The molecule has 0 heterocycles. The molecule has 0 saturated carbocycles. The third kappa shape index (κ3) is 3.00. The number of alkyl halides is 1. The van der Waals surface area contributed by atoms with Crippen LogP contribution in [0, 0.1) is 0 Å². The summed E-state index contributed by atoms with van der Waals surface area (Å²) in [4.78, 5) is 10.4. The summed E-state index contributed by atoms with van der Waals surface area (Å²) in [6, 6.07) is 0. The van der Waals surface area contributed by atoms with E-state index < -0.39 is 34.5 Å². The number of carboxylic acids is 1. The molecule has 0 aliphatic carbocycles. The Bertz CT molecular complexity index is 206. The molecule has 0 bridgehead atoms. The van der Waals surface area contributed by atoms with Crippen LogP contribution in [-0.4, -0.2) is 65.1 Å². The number of carbonyl (C=O) groups is 1. The highest BCUT2D eigenvalue weighted by molar-refractivity contribution is 14.1. The average molecular weight is 322 g/mol. The molecular formula is C6H11IO7. The van der Waals surface area contributed by atoms with E-state index in [9.17, 15) is 4.79 Å². The van der Waals surface area contributed by atoms with Crippen LogP contribution in [0.4, 0.5) is 0 Å². The summed E-state index contributed by atoms with van der Waals surface area (Å²) in [6.45, 7) is -0.857. The Morgan fingerprint density at radius 2 is 1.79 bits per heavy atom. The van der Waals surface area contributed by atoms with Crippen molar-refractivity contribution in [3.63, 3.8) is 0 Å². The van der Waals surface area contributed by atoms with Crippen LogP contribution in [0.15, 0.2) is 0 Å². The van der Waals surface area contributed by atoms with Gasteiger partial charge in [-0.3, -0.25) is 0 Å². The molecule has 0 spiro atoms. The van der Waals surface area contributed by atoms with Crippen molar-refractivity contribution in [1.29, 1.82) is 0 Å². The van der Waals surface area contributed by atoms with E-state index >= 15 is 0 Å². The number of hydrogen-bond acceptors (Lipinski definition) is 6. The molecule has 0 unspecified atom stereocenters. The quantitative estimate of drug-likeness (QED) is 0.239. The molecule has 14 heavy (non-hydrogen) atoms. The van der Waals surface area contributed by atoms with Gasteiger partial charge in [-0.2, -0.15) is 0 Å². The molecule has 0 saturated heterocycles. The summed E-state index contributed by atoms with van der Waals surface area (Å²) in [6.07, 6.45) is -5.77. The van der Waals surface area contributed by atoms with Crippen LogP contribution >= 0.6 is 22.6 Å². The highest BCUT2D eigenvalue weighted by Crippen LogP contribution is 2.23. The lowest BCUT2D eigenvalue weighted by molar-refractivity contribution is -0.167. The van der Waals surface area contributed by atoms with E-state index in [2.05, 4.69) is 0 Å². The predicted molar refractivity (Wildman–Crippen MR) is 51.7 cm³/mol. The SMILES string of the molecule is O=C(O)[C@@](O)(I)[C@@H](O)[C@H](O)[C@H](O)CO. The van der Waals surface area contributed by atoms with Gasteiger partial charge >= 0.3 is 5.97 Å². The van der Waals surface area contributed by atoms with Gasteiger partial charge in [0.1, 0.15) is 18.3 Å². The third-order valence-electron chi connectivity index (χ3n) is 1.60. The lowest BCUT2D eigenvalue weighted by atomic mass is 10.0. The highest BCUT2D eigenvalue weighted by Gasteiger charge is 2.46. The minimum absolute atomic E-state index is 0.857. The second-order valence-electron chi connectivity index (χ2n) is 2.66. The van der Waals surface area contributed by atoms with Crippen molar-refractivity contribution in [2.45, 2.75) is 21.9 Å². The number of hydrogen-bond donors (Lipinski definition) is 6. The zero-order valence-electron chi connectivity index (χ0n) is 6.91. The van der Waals surface area contributed by atoms with Crippen molar-refractivity contribution >= 4 is 28.6 Å². The van der Waals surface area contributed by atoms with Crippen molar-refractivity contribution in [1.82, 2.24) is 0 Å². The standard InChI is InChI=1S/C6H11IO7/c7-6(14,5(12)13)4(11)3(10)2(9)1-8/h2-4,8-11,14H,1H2,(H,12,13)/t2-,3-,4+,6-/m1/s1. The molecule has 6 N–H and O–H groups in total. The largest absolute Gasteiger partial charge is 0.478 e. The van der Waals surface area contributed by atoms with Crippen molar-refractivity contribution in [3.8, 4) is 0 Å². The first-order valence-electron chi connectivity index (χ1n) is 3.54. The van der Waals surface area contributed by atoms with Crippen molar-refractivity contribution < 1.29 is 35.4 Å². The van der Waals surface area contributed by atoms with Crippen molar-refractivity contribution in [3.05, 3.63) is 0 Å². The van der Waals surface area contributed by atoms with Gasteiger partial charge in [-0.1, -0.05) is 0 Å². The molecule has 0 rings (SSSR count). The molecule has 0 aromatic carbocycles. The molecule has 7 nitrogen and oxygen atoms in total. The summed E-state index contributed by atoms with van der Waals surface area (Å²) in [5.41, 5.74) is 0. The Morgan fingerprint density at radius 1 is 1.36 bits per heavy atom. The molecule has 0 aromatic rings. The molecule has 0 amide bonds. The van der Waals surface area contributed by atoms with Gasteiger partial charge < -0.3 is 30.6 Å². The van der Waals surface area contributed by atoms with E-state index in [-0.39, 0.29) is 0 Å². The smallest absolute Gasteiger partial charge is 0.349 e. The number of halogens is 1. The van der Waals surface area contributed by atoms with Crippen LogP contribution in [0.25, 0.3) is 0 Å². The molecule has 8 heteroatoms. The van der Waals surface area contributed by atoms with Gasteiger partial charge in [0.25, 0.3) is 0 Å². The lowest BCUT2D eigenvalue weighted by Crippen LogP contribution is -2.54. The van der Waals surface area contributed by atoms with E-state index in [0.717, 1.165) is 22.6 Å². The molecule has 0 aromatic heterocycles. The maximum Gasteiger partial charge on any atom is 0.349 e. The van der Waals surface area contributed by atoms with Crippen LogP contribution in [0.5, 0.6) is 0 Å². The summed E-state index contributed by atoms with van der Waals surface area (Å²) in [5, 5.41) is 53.1. The van der Waals surface area contributed by atoms with Gasteiger partial charge in [-0.25, -0.2) is 4.79 Å². The van der Waals surface area contributed by atoms with Gasteiger partial charge in [0.15, 0.2) is 0 Å². The number of aliphatic hydroxyl groups excluding tert-OH is 4. The lowest BCUT2D eigenvalue weighted by Gasteiger charge is -2.28. The first-order valence-corrected chi connectivity index (χ1v) is 4.62. The topological polar surface area (TPSA) is 138 Å². The monoisotopic (exact) mass is 322 g/mol. The van der Waals surface area contributed by atoms with Crippen LogP contribution in [0.1, 0.15) is 0 Å². The minimum atomic E-state index is -2.62. The molecule has 0 fully saturated rings. The molecule has 84 valence electrons. The maximum atomic E-state index is 10.4. The van der Waals surface area contributed by atoms with Gasteiger partial charge in [0.2, 0.25) is 3.61 Å². The third-order valence-corrected chi connectivity index (χ3v) is 2.70. The highest BCUT2D eigenvalue weighted by atomic mass is 127. The fourth-order valence-corrected chi connectivity index (χ4v) is 1.04. The van der Waals surface area contributed by atoms with Crippen LogP contribution in [0.3, 0.4) is 0 Å². The number of rotatable bonds is 5. The second kappa shape index (κ2) is 5.19. The van der Waals surface area contributed by atoms with E-state index in [4.69, 9.17) is 30.6 Å². The number of aliphatic carboxylic acids is 1. The zero-order valence-corrected chi connectivity index (χ0v) is 9.07. The first-order chi connectivity index (χ1) is 6.25. The zero-order chi connectivity index (χ0) is 11.5. The van der Waals surface area contributed by atoms with E-state index in [1.54, 1.807) is 0 Å². The van der Waals surface area contributed by atoms with Gasteiger partial charge in [0, 0.05) is 0 Å². The number of aliphatic hydroxyl groups is 5. The Balaban J connectivity index is 4.60. The maximum absolute atomic E-state index is 10.4. The summed E-state index contributed by atoms with van der Waals surface area (Å²) >= 11 is 1.01. The summed E-state index contributed by atoms with van der Waals surface area (Å²) in [5.74, 6) is -1.75. The summed E-state index contributed by atoms with van der Waals surface area (Å²) < 4.78 is -2.62. The van der Waals surface area contributed by atoms with E-state index in [0.29, 0.717) is 0 Å². The fourth-order valence-electron chi connectivity index (χ4n) is 0.671. The Hall–Kier alpha value is -0.0000000000000000971. The first kappa shape index (κ1) is 14.0. The Kier molecular flexibility index (Phi) is 5.19. The van der Waals surface area contributed by atoms with Gasteiger partial charge in [0.05, 0.1) is 6.61 Å². The minimum Gasteiger partial charge on any atom is -0.478 e. The Morgan fingerprint density at radius 3 is 2.07 bits per heavy atom. The van der Waals surface area contributed by atoms with Crippen molar-refractivity contribution in [2.75, 3.05) is 6.61 Å². The molecule has 0 radical (unpaired) electrons. The predicted octanol–water partition coefficient (Wildman–Crippen LogP) is -2.73. The number of carboxylic acid groups (broad SMARTS) is 1. The molecular weight excluding hydrogens is 311 g/mol.